The Balaban J connectivity index is 3.20. The van der Waals surface area contributed by atoms with Crippen LogP contribution in [0.25, 0.3) is 0 Å². The van der Waals surface area contributed by atoms with Crippen LogP contribution in [-0.2, 0) is 23.0 Å². The lowest BCUT2D eigenvalue weighted by Gasteiger charge is -2.05. The molecule has 0 aromatic carbocycles. The molecule has 0 aliphatic carbocycles. The topological polar surface area (TPSA) is 64.0 Å². The first-order valence-corrected chi connectivity index (χ1v) is 6.89. The van der Waals surface area contributed by atoms with Gasteiger partial charge in [-0.2, -0.15) is 5.10 Å². The van der Waals surface area contributed by atoms with Gasteiger partial charge in [-0.1, -0.05) is 18.5 Å². The zero-order valence-electron chi connectivity index (χ0n) is 8.91. The molecule has 0 aliphatic heterocycles. The highest BCUT2D eigenvalue weighted by atomic mass is 35.5. The Kier molecular flexibility index (Phi) is 3.62. The van der Waals surface area contributed by atoms with E-state index < -0.39 is 10.0 Å². The molecule has 1 aromatic heterocycles. The van der Waals surface area contributed by atoms with Gasteiger partial charge in [-0.3, -0.25) is 4.72 Å². The van der Waals surface area contributed by atoms with E-state index in [0.29, 0.717) is 29.5 Å². The predicted octanol–water partition coefficient (Wildman–Crippen LogP) is 1.49. The number of aromatic nitrogens is 2. The van der Waals surface area contributed by atoms with E-state index >= 15 is 0 Å². The molecule has 1 N–H and O–H groups in total. The Morgan fingerprint density at radius 2 is 2.07 bits per heavy atom. The minimum absolute atomic E-state index is 0.346. The van der Waals surface area contributed by atoms with Crippen LogP contribution in [0.3, 0.4) is 0 Å². The Labute approximate surface area is 94.5 Å². The first-order valence-electron chi connectivity index (χ1n) is 4.62. The van der Waals surface area contributed by atoms with E-state index in [-0.39, 0.29) is 0 Å². The maximum absolute atomic E-state index is 11.1. The molecule has 7 heteroatoms. The van der Waals surface area contributed by atoms with Crippen molar-refractivity contribution in [3.63, 3.8) is 0 Å². The van der Waals surface area contributed by atoms with Gasteiger partial charge in [0.25, 0.3) is 0 Å². The molecular formula is C8H14ClN3O2S. The Morgan fingerprint density at radius 1 is 1.47 bits per heavy atom. The second kappa shape index (κ2) is 4.40. The first-order chi connectivity index (χ1) is 6.89. The van der Waals surface area contributed by atoms with Crippen LogP contribution < -0.4 is 4.72 Å². The fourth-order valence-corrected chi connectivity index (χ4v) is 2.15. The van der Waals surface area contributed by atoms with E-state index in [1.807, 2.05) is 13.8 Å². The number of nitrogens with zero attached hydrogens (tertiary/aromatic N) is 2. The van der Waals surface area contributed by atoms with Crippen molar-refractivity contribution in [1.29, 1.82) is 0 Å². The van der Waals surface area contributed by atoms with Crippen LogP contribution in [0.1, 0.15) is 19.5 Å². The van der Waals surface area contributed by atoms with Crippen LogP contribution in [0.2, 0.25) is 5.02 Å². The van der Waals surface area contributed by atoms with Gasteiger partial charge in [-0.15, -0.1) is 0 Å². The number of anilines is 1. The molecule has 0 fully saturated rings. The third-order valence-electron chi connectivity index (χ3n) is 1.88. The van der Waals surface area contributed by atoms with Crippen molar-refractivity contribution in [3.05, 3.63) is 10.7 Å². The summed E-state index contributed by atoms with van der Waals surface area (Å²) in [5.41, 5.74) is 0.699. The number of hydrogen-bond donors (Lipinski definition) is 1. The highest BCUT2D eigenvalue weighted by Gasteiger charge is 2.16. The van der Waals surface area contributed by atoms with Crippen LogP contribution in [0, 0.1) is 0 Å². The van der Waals surface area contributed by atoms with Gasteiger partial charge in [0, 0.05) is 6.54 Å². The van der Waals surface area contributed by atoms with Gasteiger partial charge in [0.1, 0.15) is 5.02 Å². The molecule has 0 saturated heterocycles. The summed E-state index contributed by atoms with van der Waals surface area (Å²) in [7, 11) is -3.32. The average molecular weight is 252 g/mol. The molecule has 15 heavy (non-hydrogen) atoms. The summed E-state index contributed by atoms with van der Waals surface area (Å²) in [6.07, 6.45) is 1.76. The zero-order valence-corrected chi connectivity index (χ0v) is 10.5. The van der Waals surface area contributed by atoms with Crippen molar-refractivity contribution < 1.29 is 8.42 Å². The normalized spacial score (nSPS) is 11.7. The molecule has 0 atom stereocenters. The monoisotopic (exact) mass is 251 g/mol. The zero-order chi connectivity index (χ0) is 11.6. The molecule has 0 saturated carbocycles. The van der Waals surface area contributed by atoms with Crippen LogP contribution >= 0.6 is 11.6 Å². The van der Waals surface area contributed by atoms with Crippen molar-refractivity contribution in [2.75, 3.05) is 11.0 Å². The van der Waals surface area contributed by atoms with Gasteiger partial charge < -0.3 is 0 Å². The summed E-state index contributed by atoms with van der Waals surface area (Å²) < 4.78 is 26.1. The summed E-state index contributed by atoms with van der Waals surface area (Å²) in [6.45, 7) is 4.35. The average Bonchev–Trinajstić information content (AvgIpc) is 2.42. The molecule has 0 bridgehead atoms. The first kappa shape index (κ1) is 12.3. The number of rotatable bonds is 4. The molecule has 5 nitrogen and oxygen atoms in total. The smallest absolute Gasteiger partial charge is 0.231 e. The SMILES string of the molecule is CCc1nn(CC)c(NS(C)(=O)=O)c1Cl. The molecule has 1 heterocycles. The summed E-state index contributed by atoms with van der Waals surface area (Å²) in [5, 5.41) is 4.57. The molecular weight excluding hydrogens is 238 g/mol. The third-order valence-corrected chi connectivity index (χ3v) is 2.84. The van der Waals surface area contributed by atoms with E-state index in [1.165, 1.54) is 0 Å². The second-order valence-electron chi connectivity index (χ2n) is 3.15. The Bertz CT molecular complexity index is 453. The van der Waals surface area contributed by atoms with Crippen LogP contribution in [0.5, 0.6) is 0 Å². The molecule has 0 radical (unpaired) electrons. The maximum Gasteiger partial charge on any atom is 0.231 e. The van der Waals surface area contributed by atoms with E-state index in [4.69, 9.17) is 11.6 Å². The molecule has 0 aliphatic rings. The molecule has 1 rings (SSSR count). The fourth-order valence-electron chi connectivity index (χ4n) is 1.22. The van der Waals surface area contributed by atoms with E-state index in [1.54, 1.807) is 4.68 Å². The summed E-state index contributed by atoms with van der Waals surface area (Å²) >= 11 is 6.00. The molecule has 0 spiro atoms. The van der Waals surface area contributed by atoms with Gasteiger partial charge in [-0.05, 0) is 13.3 Å². The van der Waals surface area contributed by atoms with Crippen molar-refractivity contribution in [1.82, 2.24) is 9.78 Å². The highest BCUT2D eigenvalue weighted by Crippen LogP contribution is 2.26. The molecule has 1 aromatic rings. The maximum atomic E-state index is 11.1. The quantitative estimate of drug-likeness (QED) is 0.882. The van der Waals surface area contributed by atoms with E-state index in [0.717, 1.165) is 6.26 Å². The lowest BCUT2D eigenvalue weighted by atomic mass is 10.3. The van der Waals surface area contributed by atoms with Crippen LogP contribution in [0.15, 0.2) is 0 Å². The number of hydrogen-bond acceptors (Lipinski definition) is 3. The van der Waals surface area contributed by atoms with Gasteiger partial charge in [-0.25, -0.2) is 13.1 Å². The lowest BCUT2D eigenvalue weighted by Crippen LogP contribution is -2.14. The third kappa shape index (κ3) is 2.85. The van der Waals surface area contributed by atoms with Crippen molar-refractivity contribution in [2.24, 2.45) is 0 Å². The van der Waals surface area contributed by atoms with Gasteiger partial charge in [0.2, 0.25) is 10.0 Å². The Hall–Kier alpha value is -0.750. The standard InChI is InChI=1S/C8H14ClN3O2S/c1-4-6-7(9)8(11-15(3,13)14)12(5-2)10-6/h11H,4-5H2,1-3H3. The van der Waals surface area contributed by atoms with Crippen molar-refractivity contribution >= 4 is 27.4 Å². The number of nitrogens with one attached hydrogen (secondary N) is 1. The van der Waals surface area contributed by atoms with Crippen molar-refractivity contribution in [3.8, 4) is 0 Å². The van der Waals surface area contributed by atoms with Gasteiger partial charge in [0.15, 0.2) is 5.82 Å². The number of halogens is 1. The molecule has 86 valence electrons. The minimum atomic E-state index is -3.32. The Morgan fingerprint density at radius 3 is 2.47 bits per heavy atom. The highest BCUT2D eigenvalue weighted by molar-refractivity contribution is 7.92. The minimum Gasteiger partial charge on any atom is -0.267 e. The molecule has 0 unspecified atom stereocenters. The summed E-state index contributed by atoms with van der Waals surface area (Å²) in [5.74, 6) is 0.346. The van der Waals surface area contributed by atoms with Crippen LogP contribution in [-0.4, -0.2) is 24.5 Å². The molecule has 0 amide bonds. The number of sulfonamides is 1. The van der Waals surface area contributed by atoms with Crippen LogP contribution in [0.4, 0.5) is 5.82 Å². The van der Waals surface area contributed by atoms with Crippen molar-refractivity contribution in [2.45, 2.75) is 26.8 Å². The van der Waals surface area contributed by atoms with E-state index in [9.17, 15) is 8.42 Å². The second-order valence-corrected chi connectivity index (χ2v) is 5.28. The van der Waals surface area contributed by atoms with Gasteiger partial charge in [0.05, 0.1) is 11.9 Å². The van der Waals surface area contributed by atoms with Gasteiger partial charge >= 0.3 is 0 Å². The lowest BCUT2D eigenvalue weighted by molar-refractivity contribution is 0.604. The van der Waals surface area contributed by atoms with E-state index in [2.05, 4.69) is 9.82 Å². The summed E-state index contributed by atoms with van der Waals surface area (Å²) in [6, 6.07) is 0. The fraction of sp³-hybridized carbons (Fsp3) is 0.625. The number of aryl methyl sites for hydroxylation is 2. The summed E-state index contributed by atoms with van der Waals surface area (Å²) in [4.78, 5) is 0. The largest absolute Gasteiger partial charge is 0.267 e. The predicted molar refractivity (Wildman–Crippen MR) is 60.8 cm³/mol.